The highest BCUT2D eigenvalue weighted by Crippen LogP contribution is 2.29. The molecular weight excluding hydrogens is 246 g/mol. The number of benzene rings is 1. The maximum absolute atomic E-state index is 5.91. The molecule has 3 aromatic rings. The van der Waals surface area contributed by atoms with Gasteiger partial charge in [-0.05, 0) is 25.1 Å². The van der Waals surface area contributed by atoms with Crippen molar-refractivity contribution in [2.45, 2.75) is 6.92 Å². The SMILES string of the molecule is COc1ccc(-c2cn3c(C)csc3n2)cc1N. The highest BCUT2D eigenvalue weighted by Gasteiger charge is 2.09. The zero-order valence-corrected chi connectivity index (χ0v) is 11.0. The molecule has 0 spiro atoms. The molecule has 3 rings (SSSR count). The Hall–Kier alpha value is -2.01. The maximum Gasteiger partial charge on any atom is 0.194 e. The van der Waals surface area contributed by atoms with Crippen LogP contribution in [0.3, 0.4) is 0 Å². The van der Waals surface area contributed by atoms with E-state index in [2.05, 4.69) is 21.7 Å². The Kier molecular flexibility index (Phi) is 2.48. The van der Waals surface area contributed by atoms with Crippen molar-refractivity contribution in [2.75, 3.05) is 12.8 Å². The lowest BCUT2D eigenvalue weighted by Crippen LogP contribution is -1.92. The molecule has 4 nitrogen and oxygen atoms in total. The van der Waals surface area contributed by atoms with Crippen molar-refractivity contribution in [1.29, 1.82) is 0 Å². The van der Waals surface area contributed by atoms with Crippen molar-refractivity contribution >= 4 is 22.0 Å². The van der Waals surface area contributed by atoms with E-state index in [0.29, 0.717) is 11.4 Å². The van der Waals surface area contributed by atoms with E-state index in [0.717, 1.165) is 16.2 Å². The van der Waals surface area contributed by atoms with Crippen LogP contribution < -0.4 is 10.5 Å². The second-order valence-electron chi connectivity index (χ2n) is 4.11. The summed E-state index contributed by atoms with van der Waals surface area (Å²) in [5, 5.41) is 2.09. The summed E-state index contributed by atoms with van der Waals surface area (Å²) in [6, 6.07) is 5.72. The average molecular weight is 259 g/mol. The van der Waals surface area contributed by atoms with Gasteiger partial charge in [0.25, 0.3) is 0 Å². The first kappa shape index (κ1) is 11.1. The van der Waals surface area contributed by atoms with E-state index in [1.165, 1.54) is 5.69 Å². The lowest BCUT2D eigenvalue weighted by atomic mass is 10.1. The number of rotatable bonds is 2. The minimum absolute atomic E-state index is 0.628. The molecule has 18 heavy (non-hydrogen) atoms. The van der Waals surface area contributed by atoms with Crippen LogP contribution >= 0.6 is 11.3 Å². The molecule has 0 aliphatic heterocycles. The summed E-state index contributed by atoms with van der Waals surface area (Å²) in [4.78, 5) is 5.58. The van der Waals surface area contributed by atoms with E-state index in [1.807, 2.05) is 24.4 Å². The van der Waals surface area contributed by atoms with Gasteiger partial charge < -0.3 is 10.5 Å². The van der Waals surface area contributed by atoms with Crippen molar-refractivity contribution < 1.29 is 4.74 Å². The average Bonchev–Trinajstić information content (AvgIpc) is 2.92. The first-order valence-corrected chi connectivity index (χ1v) is 6.44. The molecule has 0 radical (unpaired) electrons. The third kappa shape index (κ3) is 1.64. The van der Waals surface area contributed by atoms with Crippen molar-refractivity contribution in [2.24, 2.45) is 0 Å². The fourth-order valence-electron chi connectivity index (χ4n) is 1.93. The van der Waals surface area contributed by atoms with Gasteiger partial charge in [-0.2, -0.15) is 0 Å². The summed E-state index contributed by atoms with van der Waals surface area (Å²) in [6.45, 7) is 2.07. The molecule has 0 unspecified atom stereocenters. The fraction of sp³-hybridized carbons (Fsp3) is 0.154. The normalized spacial score (nSPS) is 11.0. The van der Waals surface area contributed by atoms with Gasteiger partial charge in [0.1, 0.15) is 5.75 Å². The second-order valence-corrected chi connectivity index (χ2v) is 4.95. The first-order valence-electron chi connectivity index (χ1n) is 5.56. The molecule has 0 saturated carbocycles. The standard InChI is InChI=1S/C13H13N3OS/c1-8-7-18-13-15-11(6-16(8)13)9-3-4-12(17-2)10(14)5-9/h3-7H,14H2,1-2H3. The monoisotopic (exact) mass is 259 g/mol. The number of imidazole rings is 1. The summed E-state index contributed by atoms with van der Waals surface area (Å²) >= 11 is 1.64. The lowest BCUT2D eigenvalue weighted by Gasteiger charge is -2.05. The zero-order valence-electron chi connectivity index (χ0n) is 10.2. The number of nitrogens with zero attached hydrogens (tertiary/aromatic N) is 2. The van der Waals surface area contributed by atoms with Crippen molar-refractivity contribution in [3.8, 4) is 17.0 Å². The van der Waals surface area contributed by atoms with Gasteiger partial charge in [0, 0.05) is 22.8 Å². The molecule has 0 saturated heterocycles. The summed E-state index contributed by atoms with van der Waals surface area (Å²) in [7, 11) is 1.61. The number of hydrogen-bond acceptors (Lipinski definition) is 4. The quantitative estimate of drug-likeness (QED) is 0.720. The molecular formula is C13H13N3OS. The molecule has 0 atom stereocenters. The number of hydrogen-bond donors (Lipinski definition) is 1. The Labute approximate surface area is 109 Å². The molecule has 2 heterocycles. The molecule has 2 aromatic heterocycles. The van der Waals surface area contributed by atoms with Crippen LogP contribution in [0.25, 0.3) is 16.2 Å². The van der Waals surface area contributed by atoms with Crippen molar-refractivity contribution in [3.05, 3.63) is 35.5 Å². The maximum atomic E-state index is 5.91. The molecule has 0 aliphatic rings. The van der Waals surface area contributed by atoms with Crippen LogP contribution in [-0.2, 0) is 0 Å². The van der Waals surface area contributed by atoms with Gasteiger partial charge in [0.05, 0.1) is 18.5 Å². The predicted octanol–water partition coefficient (Wildman–Crippen LogP) is 2.96. The van der Waals surface area contributed by atoms with E-state index in [9.17, 15) is 0 Å². The summed E-state index contributed by atoms with van der Waals surface area (Å²) in [5.74, 6) is 0.691. The largest absolute Gasteiger partial charge is 0.495 e. The van der Waals surface area contributed by atoms with Gasteiger partial charge in [0.2, 0.25) is 0 Å². The summed E-state index contributed by atoms with van der Waals surface area (Å²) in [6.07, 6.45) is 2.03. The van der Waals surface area contributed by atoms with Crippen LogP contribution in [0.2, 0.25) is 0 Å². The molecule has 0 aliphatic carbocycles. The number of aromatic nitrogens is 2. The third-order valence-electron chi connectivity index (χ3n) is 2.91. The predicted molar refractivity (Wildman–Crippen MR) is 74.2 cm³/mol. The van der Waals surface area contributed by atoms with Crippen LogP contribution in [0, 0.1) is 6.92 Å². The zero-order chi connectivity index (χ0) is 12.7. The van der Waals surface area contributed by atoms with Crippen molar-refractivity contribution in [1.82, 2.24) is 9.38 Å². The van der Waals surface area contributed by atoms with Gasteiger partial charge in [-0.1, -0.05) is 0 Å². The number of aryl methyl sites for hydroxylation is 1. The summed E-state index contributed by atoms with van der Waals surface area (Å²) in [5.41, 5.74) is 9.66. The van der Waals surface area contributed by atoms with E-state index < -0.39 is 0 Å². The summed E-state index contributed by atoms with van der Waals surface area (Å²) < 4.78 is 7.23. The van der Waals surface area contributed by atoms with Crippen LogP contribution in [-0.4, -0.2) is 16.5 Å². The number of fused-ring (bicyclic) bond motifs is 1. The molecule has 0 amide bonds. The van der Waals surface area contributed by atoms with Gasteiger partial charge >= 0.3 is 0 Å². The first-order chi connectivity index (χ1) is 8.69. The van der Waals surface area contributed by atoms with E-state index in [4.69, 9.17) is 10.5 Å². The second kappa shape index (κ2) is 4.03. The Morgan fingerprint density at radius 1 is 1.39 bits per heavy atom. The van der Waals surface area contributed by atoms with Gasteiger partial charge in [-0.3, -0.25) is 4.40 Å². The Balaban J connectivity index is 2.10. The minimum atomic E-state index is 0.628. The van der Waals surface area contributed by atoms with Crippen LogP contribution in [0.15, 0.2) is 29.8 Å². The van der Waals surface area contributed by atoms with Crippen LogP contribution in [0.1, 0.15) is 5.69 Å². The molecule has 92 valence electrons. The smallest absolute Gasteiger partial charge is 0.194 e. The Bertz CT molecular complexity index is 714. The van der Waals surface area contributed by atoms with E-state index in [1.54, 1.807) is 18.4 Å². The highest BCUT2D eigenvalue weighted by atomic mass is 32.1. The third-order valence-corrected chi connectivity index (χ3v) is 3.87. The molecule has 2 N–H and O–H groups in total. The van der Waals surface area contributed by atoms with E-state index in [-0.39, 0.29) is 0 Å². The number of nitrogen functional groups attached to an aromatic ring is 1. The van der Waals surface area contributed by atoms with Crippen LogP contribution in [0.4, 0.5) is 5.69 Å². The Morgan fingerprint density at radius 3 is 2.89 bits per heavy atom. The van der Waals surface area contributed by atoms with Gasteiger partial charge in [0.15, 0.2) is 4.96 Å². The van der Waals surface area contributed by atoms with Gasteiger partial charge in [-0.25, -0.2) is 4.98 Å². The molecule has 0 fully saturated rings. The Morgan fingerprint density at radius 2 is 2.22 bits per heavy atom. The molecule has 1 aromatic carbocycles. The van der Waals surface area contributed by atoms with E-state index >= 15 is 0 Å². The molecule has 5 heteroatoms. The fourth-order valence-corrected chi connectivity index (χ4v) is 2.78. The van der Waals surface area contributed by atoms with Gasteiger partial charge in [-0.15, -0.1) is 11.3 Å². The minimum Gasteiger partial charge on any atom is -0.495 e. The molecule has 0 bridgehead atoms. The number of thiazole rings is 1. The number of ether oxygens (including phenoxy) is 1. The number of nitrogens with two attached hydrogens (primary N) is 1. The number of methoxy groups -OCH3 is 1. The number of anilines is 1. The topological polar surface area (TPSA) is 52.5 Å². The lowest BCUT2D eigenvalue weighted by molar-refractivity contribution is 0.417. The van der Waals surface area contributed by atoms with Crippen LogP contribution in [0.5, 0.6) is 5.75 Å². The highest BCUT2D eigenvalue weighted by molar-refractivity contribution is 7.15. The van der Waals surface area contributed by atoms with Crippen molar-refractivity contribution in [3.63, 3.8) is 0 Å².